The van der Waals surface area contributed by atoms with E-state index >= 15 is 0 Å². The van der Waals surface area contributed by atoms with Crippen molar-refractivity contribution in [3.05, 3.63) is 47.3 Å². The standard InChI is InChI=1S/C24H33N3O5S2/c1-2-31-24(28)26-14-12-25(13-15-26)17-20-7-9-22(10-8-20)32-19-21-5-3-11-27(18-21)34(29,30)23-6-4-16-33-23/h4,6-10,16,21H,2-3,5,11-15,17-19H2,1H3. The molecule has 0 bridgehead atoms. The zero-order chi connectivity index (χ0) is 24.0. The number of piperazine rings is 1. The summed E-state index contributed by atoms with van der Waals surface area (Å²) in [5, 5.41) is 1.80. The maximum Gasteiger partial charge on any atom is 0.409 e. The zero-order valence-electron chi connectivity index (χ0n) is 19.6. The molecule has 3 heterocycles. The van der Waals surface area contributed by atoms with E-state index in [2.05, 4.69) is 17.0 Å². The molecule has 2 aliphatic heterocycles. The number of hydrogen-bond donors (Lipinski definition) is 0. The van der Waals surface area contributed by atoms with Gasteiger partial charge in [0.05, 0.1) is 13.2 Å². The van der Waals surface area contributed by atoms with Gasteiger partial charge in [-0.3, -0.25) is 4.90 Å². The second kappa shape index (κ2) is 11.5. The Morgan fingerprint density at radius 1 is 1.09 bits per heavy atom. The highest BCUT2D eigenvalue weighted by Gasteiger charge is 2.31. The predicted octanol–water partition coefficient (Wildman–Crippen LogP) is 3.50. The van der Waals surface area contributed by atoms with Crippen LogP contribution >= 0.6 is 11.3 Å². The first-order valence-electron chi connectivity index (χ1n) is 11.8. The Morgan fingerprint density at radius 2 is 1.85 bits per heavy atom. The van der Waals surface area contributed by atoms with Gasteiger partial charge in [-0.15, -0.1) is 11.3 Å². The van der Waals surface area contributed by atoms with Crippen LogP contribution in [-0.2, 0) is 21.3 Å². The van der Waals surface area contributed by atoms with Gasteiger partial charge >= 0.3 is 6.09 Å². The van der Waals surface area contributed by atoms with Gasteiger partial charge in [-0.2, -0.15) is 4.31 Å². The molecule has 0 radical (unpaired) electrons. The van der Waals surface area contributed by atoms with Gasteiger partial charge in [-0.25, -0.2) is 13.2 Å². The molecule has 0 aliphatic carbocycles. The van der Waals surface area contributed by atoms with Crippen molar-refractivity contribution >= 4 is 27.5 Å². The summed E-state index contributed by atoms with van der Waals surface area (Å²) in [5.41, 5.74) is 1.20. The number of carbonyl (C=O) groups is 1. The molecule has 0 spiro atoms. The number of sulfonamides is 1. The minimum atomic E-state index is -3.40. The van der Waals surface area contributed by atoms with Crippen LogP contribution in [0.5, 0.6) is 5.75 Å². The third kappa shape index (κ3) is 6.29. The van der Waals surface area contributed by atoms with E-state index in [0.29, 0.717) is 43.6 Å². The molecule has 2 fully saturated rings. The third-order valence-electron chi connectivity index (χ3n) is 6.28. The quantitative estimate of drug-likeness (QED) is 0.544. The highest BCUT2D eigenvalue weighted by atomic mass is 32.2. The molecule has 34 heavy (non-hydrogen) atoms. The molecule has 2 aromatic rings. The van der Waals surface area contributed by atoms with Crippen LogP contribution < -0.4 is 4.74 Å². The van der Waals surface area contributed by atoms with Crippen LogP contribution in [0.3, 0.4) is 0 Å². The lowest BCUT2D eigenvalue weighted by atomic mass is 10.0. The first-order chi connectivity index (χ1) is 16.5. The summed E-state index contributed by atoms with van der Waals surface area (Å²) in [6, 6.07) is 11.5. The number of benzene rings is 1. The number of piperidine rings is 1. The molecule has 2 saturated heterocycles. The Labute approximate surface area is 206 Å². The summed E-state index contributed by atoms with van der Waals surface area (Å²) in [6.07, 6.45) is 1.58. The lowest BCUT2D eigenvalue weighted by Crippen LogP contribution is -2.48. The average Bonchev–Trinajstić information content (AvgIpc) is 3.41. The van der Waals surface area contributed by atoms with E-state index in [4.69, 9.17) is 9.47 Å². The molecule has 10 heteroatoms. The number of thiophene rings is 1. The molecule has 8 nitrogen and oxygen atoms in total. The Balaban J connectivity index is 1.22. The fourth-order valence-corrected chi connectivity index (χ4v) is 7.08. The minimum absolute atomic E-state index is 0.179. The summed E-state index contributed by atoms with van der Waals surface area (Å²) < 4.78 is 38.7. The fraction of sp³-hybridized carbons (Fsp3) is 0.542. The summed E-state index contributed by atoms with van der Waals surface area (Å²) >= 11 is 1.26. The average molecular weight is 508 g/mol. The lowest BCUT2D eigenvalue weighted by molar-refractivity contribution is 0.0778. The second-order valence-electron chi connectivity index (χ2n) is 8.72. The van der Waals surface area contributed by atoms with Gasteiger partial charge in [0, 0.05) is 51.7 Å². The van der Waals surface area contributed by atoms with E-state index in [1.807, 2.05) is 19.1 Å². The maximum atomic E-state index is 12.8. The summed E-state index contributed by atoms with van der Waals surface area (Å²) in [7, 11) is -3.40. The normalized spacial score (nSPS) is 20.3. The SMILES string of the molecule is CCOC(=O)N1CCN(Cc2ccc(OCC3CCCN(S(=O)(=O)c4cccs4)C3)cc2)CC1. The van der Waals surface area contributed by atoms with Gasteiger partial charge in [0.2, 0.25) is 0 Å². The third-order valence-corrected chi connectivity index (χ3v) is 9.52. The van der Waals surface area contributed by atoms with Gasteiger partial charge in [-0.05, 0) is 48.9 Å². The molecular formula is C24H33N3O5S2. The molecule has 186 valence electrons. The molecule has 1 aromatic carbocycles. The molecule has 0 N–H and O–H groups in total. The Morgan fingerprint density at radius 3 is 2.53 bits per heavy atom. The molecule has 4 rings (SSSR count). The number of hydrogen-bond acceptors (Lipinski definition) is 7. The lowest BCUT2D eigenvalue weighted by Gasteiger charge is -2.34. The molecule has 2 aliphatic rings. The number of nitrogens with zero attached hydrogens (tertiary/aromatic N) is 3. The van der Waals surface area contributed by atoms with Crippen molar-refractivity contribution < 1.29 is 22.7 Å². The molecule has 1 aromatic heterocycles. The molecule has 1 atom stereocenters. The van der Waals surface area contributed by atoms with E-state index in [1.165, 1.54) is 16.9 Å². The number of ether oxygens (including phenoxy) is 2. The Kier molecular flexibility index (Phi) is 8.46. The van der Waals surface area contributed by atoms with Crippen LogP contribution in [0.15, 0.2) is 46.0 Å². The number of carbonyl (C=O) groups excluding carboxylic acids is 1. The van der Waals surface area contributed by atoms with E-state index < -0.39 is 10.0 Å². The summed E-state index contributed by atoms with van der Waals surface area (Å²) in [5.74, 6) is 0.980. The van der Waals surface area contributed by atoms with Crippen molar-refractivity contribution in [1.82, 2.24) is 14.1 Å². The summed E-state index contributed by atoms with van der Waals surface area (Å²) in [6.45, 7) is 7.63. The predicted molar refractivity (Wildman–Crippen MR) is 132 cm³/mol. The van der Waals surface area contributed by atoms with Crippen molar-refractivity contribution in [2.24, 2.45) is 5.92 Å². The fourth-order valence-electron chi connectivity index (χ4n) is 4.39. The van der Waals surface area contributed by atoms with Crippen LogP contribution in [0.4, 0.5) is 4.79 Å². The van der Waals surface area contributed by atoms with Gasteiger partial charge in [0.1, 0.15) is 9.96 Å². The smallest absolute Gasteiger partial charge is 0.409 e. The largest absolute Gasteiger partial charge is 0.493 e. The van der Waals surface area contributed by atoms with Crippen molar-refractivity contribution in [2.75, 3.05) is 52.5 Å². The first kappa shape index (κ1) is 25.0. The van der Waals surface area contributed by atoms with E-state index in [0.717, 1.165) is 38.2 Å². The molecule has 1 unspecified atom stereocenters. The van der Waals surface area contributed by atoms with E-state index in [9.17, 15) is 13.2 Å². The van der Waals surface area contributed by atoms with Crippen LogP contribution in [-0.4, -0.2) is 81.1 Å². The van der Waals surface area contributed by atoms with Gasteiger partial charge in [-0.1, -0.05) is 18.2 Å². The summed E-state index contributed by atoms with van der Waals surface area (Å²) in [4.78, 5) is 15.9. The minimum Gasteiger partial charge on any atom is -0.493 e. The highest BCUT2D eigenvalue weighted by molar-refractivity contribution is 7.91. The van der Waals surface area contributed by atoms with Crippen LogP contribution in [0, 0.1) is 5.92 Å². The van der Waals surface area contributed by atoms with Gasteiger partial charge in [0.25, 0.3) is 10.0 Å². The monoisotopic (exact) mass is 507 g/mol. The van der Waals surface area contributed by atoms with Crippen molar-refractivity contribution in [2.45, 2.75) is 30.5 Å². The topological polar surface area (TPSA) is 79.4 Å². The number of rotatable bonds is 8. The van der Waals surface area contributed by atoms with Gasteiger partial charge in [0.15, 0.2) is 0 Å². The molecule has 0 saturated carbocycles. The van der Waals surface area contributed by atoms with Crippen molar-refractivity contribution in [3.63, 3.8) is 0 Å². The number of amides is 1. The molecular weight excluding hydrogens is 474 g/mol. The zero-order valence-corrected chi connectivity index (χ0v) is 21.2. The Bertz CT molecular complexity index is 1020. The van der Waals surface area contributed by atoms with Crippen LogP contribution in [0.2, 0.25) is 0 Å². The van der Waals surface area contributed by atoms with E-state index in [-0.39, 0.29) is 12.0 Å². The first-order valence-corrected chi connectivity index (χ1v) is 14.2. The van der Waals surface area contributed by atoms with E-state index in [1.54, 1.807) is 26.7 Å². The van der Waals surface area contributed by atoms with Gasteiger partial charge < -0.3 is 14.4 Å². The highest BCUT2D eigenvalue weighted by Crippen LogP contribution is 2.27. The van der Waals surface area contributed by atoms with Crippen LogP contribution in [0.25, 0.3) is 0 Å². The van der Waals surface area contributed by atoms with Crippen LogP contribution in [0.1, 0.15) is 25.3 Å². The van der Waals surface area contributed by atoms with Crippen molar-refractivity contribution in [3.8, 4) is 5.75 Å². The Hall–Kier alpha value is -2.14. The maximum absolute atomic E-state index is 12.8. The van der Waals surface area contributed by atoms with Crippen molar-refractivity contribution in [1.29, 1.82) is 0 Å². The second-order valence-corrected chi connectivity index (χ2v) is 11.8. The molecule has 1 amide bonds.